The van der Waals surface area contributed by atoms with Crippen molar-refractivity contribution in [1.82, 2.24) is 9.97 Å². The van der Waals surface area contributed by atoms with Crippen LogP contribution in [0.2, 0.25) is 0 Å². The minimum absolute atomic E-state index is 0.0266. The summed E-state index contributed by atoms with van der Waals surface area (Å²) in [6, 6.07) is 11.5. The molecule has 2 heterocycles. The zero-order chi connectivity index (χ0) is 29.2. The molecule has 0 fully saturated rings. The van der Waals surface area contributed by atoms with Crippen molar-refractivity contribution >= 4 is 29.5 Å². The second-order valence-electron chi connectivity index (χ2n) is 7.39. The predicted octanol–water partition coefficient (Wildman–Crippen LogP) is 2.92. The molecule has 0 aliphatic rings. The summed E-state index contributed by atoms with van der Waals surface area (Å²) in [7, 11) is 4.41. The molecule has 0 spiro atoms. The molecule has 0 aliphatic carbocycles. The van der Waals surface area contributed by atoms with Crippen molar-refractivity contribution in [3.63, 3.8) is 0 Å². The predicted molar refractivity (Wildman–Crippen MR) is 143 cm³/mol. The fourth-order valence-corrected chi connectivity index (χ4v) is 7.52. The lowest BCUT2D eigenvalue weighted by atomic mass is 10.3. The van der Waals surface area contributed by atoms with Crippen LogP contribution in [0.25, 0.3) is 0 Å². The van der Waals surface area contributed by atoms with E-state index in [4.69, 9.17) is 36.8 Å². The number of hydrogen-bond donors (Lipinski definition) is 2. The Morgan fingerprint density at radius 2 is 0.947 bits per heavy atom. The van der Waals surface area contributed by atoms with Gasteiger partial charge in [0.15, 0.2) is 0 Å². The Morgan fingerprint density at radius 3 is 1.13 bits per heavy atom. The van der Waals surface area contributed by atoms with Crippen molar-refractivity contribution < 1.29 is 46.4 Å². The largest absolute Gasteiger partial charge is 0.509 e. The minimum atomic E-state index is -2.62. The van der Waals surface area contributed by atoms with Gasteiger partial charge >= 0.3 is 29.5 Å². The lowest BCUT2D eigenvalue weighted by Crippen LogP contribution is -2.48. The van der Waals surface area contributed by atoms with E-state index in [9.17, 15) is 9.59 Å². The van der Waals surface area contributed by atoms with Crippen LogP contribution in [0.4, 0.5) is 0 Å². The van der Waals surface area contributed by atoms with Crippen LogP contribution in [0.3, 0.4) is 0 Å². The van der Waals surface area contributed by atoms with Crippen LogP contribution in [0.5, 0.6) is 0 Å². The standard InChI is InChI=1S/2C10H17NO3Si.C4H4O4/c2*1-9(10-7-5-6-8-11-10)15(12-2,13-3)14-4;5-3(6)1-2-4(7)8/h2*5-9H,1-4H3;1-2H,(H,5,6)(H,7,8)/b;;2-1-. The maximum Gasteiger partial charge on any atom is 0.509 e. The van der Waals surface area contributed by atoms with Crippen LogP contribution >= 0.6 is 0 Å². The third-order valence-electron chi connectivity index (χ3n) is 5.40. The molecule has 212 valence electrons. The number of aromatic nitrogens is 2. The molecule has 0 radical (unpaired) electrons. The molecule has 38 heavy (non-hydrogen) atoms. The Bertz CT molecular complexity index is 865. The number of carboxylic acids is 2. The second kappa shape index (κ2) is 18.4. The van der Waals surface area contributed by atoms with E-state index in [-0.39, 0.29) is 11.1 Å². The first-order valence-corrected chi connectivity index (χ1v) is 14.9. The Hall–Kier alpha value is -2.83. The van der Waals surface area contributed by atoms with Crippen LogP contribution in [0.15, 0.2) is 60.9 Å². The van der Waals surface area contributed by atoms with Crippen LogP contribution in [0, 0.1) is 0 Å². The van der Waals surface area contributed by atoms with E-state index in [2.05, 4.69) is 9.97 Å². The van der Waals surface area contributed by atoms with Gasteiger partial charge in [-0.3, -0.25) is 9.97 Å². The molecule has 0 aliphatic heterocycles. The maximum absolute atomic E-state index is 9.55. The quantitative estimate of drug-likeness (QED) is 0.285. The van der Waals surface area contributed by atoms with Crippen LogP contribution in [0.1, 0.15) is 36.3 Å². The number of carbonyl (C=O) groups is 2. The van der Waals surface area contributed by atoms with E-state index in [0.717, 1.165) is 11.4 Å². The third-order valence-corrected chi connectivity index (χ3v) is 11.5. The lowest BCUT2D eigenvalue weighted by molar-refractivity contribution is -0.134. The van der Waals surface area contributed by atoms with Crippen LogP contribution < -0.4 is 0 Å². The minimum Gasteiger partial charge on any atom is -0.478 e. The number of hydrogen-bond acceptors (Lipinski definition) is 10. The van der Waals surface area contributed by atoms with Crippen molar-refractivity contribution in [1.29, 1.82) is 0 Å². The number of nitrogens with zero attached hydrogens (tertiary/aromatic N) is 2. The smallest absolute Gasteiger partial charge is 0.478 e. The highest BCUT2D eigenvalue weighted by molar-refractivity contribution is 6.62. The van der Waals surface area contributed by atoms with Crippen LogP contribution in [-0.2, 0) is 36.1 Å². The van der Waals surface area contributed by atoms with E-state index in [1.165, 1.54) is 0 Å². The monoisotopic (exact) mass is 570 g/mol. The molecule has 2 rings (SSSR count). The van der Waals surface area contributed by atoms with Gasteiger partial charge in [0.05, 0.1) is 11.1 Å². The van der Waals surface area contributed by atoms with Gasteiger partial charge in [-0.2, -0.15) is 0 Å². The van der Waals surface area contributed by atoms with Crippen molar-refractivity contribution in [2.24, 2.45) is 0 Å². The molecule has 2 N–H and O–H groups in total. The van der Waals surface area contributed by atoms with Gasteiger partial charge in [0, 0.05) is 78.6 Å². The highest BCUT2D eigenvalue weighted by Gasteiger charge is 2.47. The number of rotatable bonds is 12. The molecular weight excluding hydrogens is 532 g/mol. The Morgan fingerprint density at radius 1 is 0.658 bits per heavy atom. The van der Waals surface area contributed by atoms with E-state index < -0.39 is 29.5 Å². The van der Waals surface area contributed by atoms with Gasteiger partial charge in [-0.15, -0.1) is 0 Å². The van der Waals surface area contributed by atoms with E-state index >= 15 is 0 Å². The Labute approximate surface area is 225 Å². The highest BCUT2D eigenvalue weighted by atomic mass is 28.4. The summed E-state index contributed by atoms with van der Waals surface area (Å²) in [6.45, 7) is 4.01. The summed E-state index contributed by atoms with van der Waals surface area (Å²) in [6.07, 6.45) is 4.63. The first kappa shape index (κ1) is 35.2. The lowest BCUT2D eigenvalue weighted by Gasteiger charge is -2.29. The van der Waals surface area contributed by atoms with Gasteiger partial charge in [-0.05, 0) is 24.3 Å². The SMILES string of the molecule is CO[Si](OC)(OC)C(C)c1ccccn1.CO[Si](OC)(OC)C(C)c1ccccn1.O=C(O)/C=C\C(=O)O. The molecule has 0 saturated carbocycles. The molecule has 2 atom stereocenters. The molecule has 0 saturated heterocycles. The van der Waals surface area contributed by atoms with E-state index in [0.29, 0.717) is 12.2 Å². The van der Waals surface area contributed by atoms with Crippen molar-refractivity contribution in [2.75, 3.05) is 42.7 Å². The topological polar surface area (TPSA) is 156 Å². The Kier molecular flexibility index (Phi) is 17.1. The van der Waals surface area contributed by atoms with E-state index in [1.54, 1.807) is 55.1 Å². The number of aliphatic carboxylic acids is 2. The summed E-state index contributed by atoms with van der Waals surface area (Å²) >= 11 is 0. The maximum atomic E-state index is 9.55. The average molecular weight is 571 g/mol. The molecule has 14 heteroatoms. The fraction of sp³-hybridized carbons (Fsp3) is 0.417. The zero-order valence-electron chi connectivity index (χ0n) is 23.0. The molecule has 0 aromatic carbocycles. The summed E-state index contributed by atoms with van der Waals surface area (Å²) in [4.78, 5) is 27.7. The fourth-order valence-electron chi connectivity index (χ4n) is 3.33. The number of pyridine rings is 2. The van der Waals surface area contributed by atoms with Gasteiger partial charge in [0.25, 0.3) is 0 Å². The summed E-state index contributed by atoms with van der Waals surface area (Å²) < 4.78 is 32.4. The molecule has 2 aromatic rings. The normalized spacial score (nSPS) is 12.9. The molecule has 2 aromatic heterocycles. The summed E-state index contributed by atoms with van der Waals surface area (Å²) in [5.74, 6) is -2.51. The van der Waals surface area contributed by atoms with Gasteiger partial charge in [-0.1, -0.05) is 26.0 Å². The van der Waals surface area contributed by atoms with Gasteiger partial charge in [0.1, 0.15) is 0 Å². The van der Waals surface area contributed by atoms with Gasteiger partial charge in [0.2, 0.25) is 0 Å². The first-order valence-electron chi connectivity index (χ1n) is 11.3. The molecule has 0 bridgehead atoms. The Balaban J connectivity index is 0.000000569. The first-order chi connectivity index (χ1) is 18.0. The molecule has 12 nitrogen and oxygen atoms in total. The molecular formula is C24H38N2O10Si2. The van der Waals surface area contributed by atoms with Crippen molar-refractivity contribution in [3.05, 3.63) is 72.3 Å². The van der Waals surface area contributed by atoms with E-state index in [1.807, 2.05) is 50.2 Å². The molecule has 0 amide bonds. The zero-order valence-corrected chi connectivity index (χ0v) is 25.0. The number of carboxylic acid groups (broad SMARTS) is 2. The third kappa shape index (κ3) is 10.9. The molecule has 2 unspecified atom stereocenters. The second-order valence-corrected chi connectivity index (χ2v) is 14.0. The van der Waals surface area contributed by atoms with Crippen molar-refractivity contribution in [2.45, 2.75) is 24.9 Å². The van der Waals surface area contributed by atoms with Gasteiger partial charge in [-0.25, -0.2) is 9.59 Å². The average Bonchev–Trinajstić information content (AvgIpc) is 2.96. The summed E-state index contributed by atoms with van der Waals surface area (Å²) in [5, 5.41) is 15.6. The van der Waals surface area contributed by atoms with Gasteiger partial charge < -0.3 is 36.8 Å². The van der Waals surface area contributed by atoms with Crippen LogP contribution in [-0.4, -0.2) is 92.4 Å². The highest BCUT2D eigenvalue weighted by Crippen LogP contribution is 2.27. The summed E-state index contributed by atoms with van der Waals surface area (Å²) in [5.41, 5.74) is 1.90. The van der Waals surface area contributed by atoms with Crippen molar-refractivity contribution in [3.8, 4) is 0 Å².